The summed E-state index contributed by atoms with van der Waals surface area (Å²) in [5.41, 5.74) is 0. The van der Waals surface area contributed by atoms with E-state index in [4.69, 9.17) is 9.05 Å². The van der Waals surface area contributed by atoms with Crippen LogP contribution in [0.25, 0.3) is 0 Å². The first-order valence-corrected chi connectivity index (χ1v) is 9.85. The van der Waals surface area contributed by atoms with Crippen molar-refractivity contribution in [1.82, 2.24) is 9.34 Å². The molecule has 0 saturated carbocycles. The van der Waals surface area contributed by atoms with Gasteiger partial charge in [-0.3, -0.25) is 0 Å². The van der Waals surface area contributed by atoms with Crippen LogP contribution >= 0.6 is 17.9 Å². The Morgan fingerprint density at radius 2 is 1.69 bits per heavy atom. The molecule has 0 unspecified atom stereocenters. The monoisotopic (exact) mass is 264 g/mol. The molecule has 0 radical (unpaired) electrons. The van der Waals surface area contributed by atoms with Gasteiger partial charge in [0.1, 0.15) is 0 Å². The predicted octanol–water partition coefficient (Wildman–Crippen LogP) is 2.33. The van der Waals surface area contributed by atoms with Crippen LogP contribution in [0.3, 0.4) is 0 Å². The van der Waals surface area contributed by atoms with Gasteiger partial charge >= 0.3 is 101 Å². The Hall–Kier alpha value is 0.620. The van der Waals surface area contributed by atoms with Crippen LogP contribution in [-0.2, 0) is 9.05 Å². The molecule has 3 aliphatic rings. The predicted molar refractivity (Wildman–Crippen MR) is 69.3 cm³/mol. The Morgan fingerprint density at radius 3 is 2.25 bits per heavy atom. The van der Waals surface area contributed by atoms with Gasteiger partial charge in [0.2, 0.25) is 0 Å². The second-order valence-corrected chi connectivity index (χ2v) is 11.1. The molecule has 16 heavy (non-hydrogen) atoms. The van der Waals surface area contributed by atoms with Crippen LogP contribution in [-0.4, -0.2) is 54.5 Å². The Morgan fingerprint density at radius 1 is 1.06 bits per heavy atom. The zero-order valence-electron chi connectivity index (χ0n) is 9.93. The van der Waals surface area contributed by atoms with Crippen LogP contribution in [0.5, 0.6) is 0 Å². The van der Waals surface area contributed by atoms with Gasteiger partial charge in [-0.1, -0.05) is 0 Å². The first kappa shape index (κ1) is 11.7. The van der Waals surface area contributed by atoms with E-state index in [1.807, 2.05) is 11.4 Å². The number of hydrogen-bond donors (Lipinski definition) is 0. The molecule has 0 aromatic carbocycles. The average molecular weight is 264 g/mol. The van der Waals surface area contributed by atoms with E-state index in [0.29, 0.717) is 0 Å². The summed E-state index contributed by atoms with van der Waals surface area (Å²) in [5, 5.41) is 0. The molecule has 0 aromatic rings. The van der Waals surface area contributed by atoms with E-state index in [-0.39, 0.29) is 0 Å². The van der Waals surface area contributed by atoms with Crippen LogP contribution in [0.15, 0.2) is 0 Å². The Kier molecular flexibility index (Phi) is 2.98. The topological polar surface area (TPSA) is 24.9 Å². The number of rotatable bonds is 4. The summed E-state index contributed by atoms with van der Waals surface area (Å²) in [6.07, 6.45) is 2.51. The molecule has 0 atom stereocenters. The maximum absolute atomic E-state index is 6.25. The molecule has 1 spiro atoms. The summed E-state index contributed by atoms with van der Waals surface area (Å²) < 4.78 is 17.5. The van der Waals surface area contributed by atoms with Crippen molar-refractivity contribution in [1.29, 1.82) is 0 Å². The molecule has 0 N–H and O–H groups in total. The standard InChI is InChI=1S/C10H21N2O2PS/c1-2-3-10-16-15-11(6-8-13-15)4-5-12(15)7-9-14-15/h2-10H2,1H3. The molecule has 3 rings (SSSR count). The zero-order chi connectivity index (χ0) is 11.1. The van der Waals surface area contributed by atoms with Gasteiger partial charge in [-0.25, -0.2) is 0 Å². The van der Waals surface area contributed by atoms with Gasteiger partial charge in [0, 0.05) is 0 Å². The number of unbranched alkanes of at least 4 members (excludes halogenated alkanes) is 1. The van der Waals surface area contributed by atoms with Crippen molar-refractivity contribution in [3.63, 3.8) is 0 Å². The fourth-order valence-corrected chi connectivity index (χ4v) is 11.8. The van der Waals surface area contributed by atoms with Gasteiger partial charge in [0.25, 0.3) is 0 Å². The summed E-state index contributed by atoms with van der Waals surface area (Å²) in [6, 6.07) is 0. The van der Waals surface area contributed by atoms with E-state index < -0.39 is 6.56 Å². The first-order chi connectivity index (χ1) is 7.81. The third kappa shape index (κ3) is 1.36. The Labute approximate surface area is 102 Å². The minimum atomic E-state index is -2.55. The maximum atomic E-state index is 6.25. The van der Waals surface area contributed by atoms with E-state index in [1.165, 1.54) is 18.6 Å². The van der Waals surface area contributed by atoms with Crippen molar-refractivity contribution < 1.29 is 9.05 Å². The third-order valence-electron chi connectivity index (χ3n) is 3.70. The zero-order valence-corrected chi connectivity index (χ0v) is 11.6. The summed E-state index contributed by atoms with van der Waals surface area (Å²) in [4.78, 5) is 0. The van der Waals surface area contributed by atoms with Crippen LogP contribution in [0.4, 0.5) is 0 Å². The number of hydrogen-bond acceptors (Lipinski definition) is 5. The van der Waals surface area contributed by atoms with Crippen molar-refractivity contribution in [2.75, 3.05) is 45.1 Å². The molecule has 4 nitrogen and oxygen atoms in total. The second-order valence-electron chi connectivity index (χ2n) is 4.56. The van der Waals surface area contributed by atoms with Crippen LogP contribution in [0.2, 0.25) is 0 Å². The van der Waals surface area contributed by atoms with Crippen LogP contribution < -0.4 is 0 Å². The van der Waals surface area contributed by atoms with Crippen molar-refractivity contribution in [3.05, 3.63) is 0 Å². The summed E-state index contributed by atoms with van der Waals surface area (Å²) in [7, 11) is 0. The second kappa shape index (κ2) is 4.08. The molecule has 3 fully saturated rings. The summed E-state index contributed by atoms with van der Waals surface area (Å²) >= 11 is 1.98. The molecule has 0 aliphatic carbocycles. The van der Waals surface area contributed by atoms with E-state index >= 15 is 0 Å². The fourth-order valence-electron chi connectivity index (χ4n) is 2.87. The summed E-state index contributed by atoms with van der Waals surface area (Å²) in [5.74, 6) is 1.17. The van der Waals surface area contributed by atoms with Crippen LogP contribution in [0, 0.1) is 0 Å². The molecular formula is C10H21N2O2PS. The third-order valence-corrected chi connectivity index (χ3v) is 12.4. The quantitative estimate of drug-likeness (QED) is 0.573. The summed E-state index contributed by atoms with van der Waals surface area (Å²) in [6.45, 7) is 5.80. The van der Waals surface area contributed by atoms with Gasteiger partial charge in [0.15, 0.2) is 0 Å². The van der Waals surface area contributed by atoms with Crippen molar-refractivity contribution in [2.45, 2.75) is 19.8 Å². The Bertz CT molecular complexity index is 270. The Balaban J connectivity index is 1.85. The van der Waals surface area contributed by atoms with Gasteiger partial charge < -0.3 is 0 Å². The SMILES string of the molecule is CCCCSP123OCCN1CCN2CCO3. The van der Waals surface area contributed by atoms with Gasteiger partial charge in [-0.05, 0) is 0 Å². The van der Waals surface area contributed by atoms with E-state index in [1.54, 1.807) is 0 Å². The normalized spacial score (nSPS) is 34.4. The van der Waals surface area contributed by atoms with Crippen molar-refractivity contribution in [3.8, 4) is 0 Å². The molecule has 0 amide bonds. The van der Waals surface area contributed by atoms with Crippen molar-refractivity contribution in [2.24, 2.45) is 0 Å². The first-order valence-electron chi connectivity index (χ1n) is 6.29. The molecular weight excluding hydrogens is 243 g/mol. The molecule has 0 aromatic heterocycles. The molecule has 3 heterocycles. The van der Waals surface area contributed by atoms with Gasteiger partial charge in [0.05, 0.1) is 0 Å². The molecule has 3 aliphatic heterocycles. The fraction of sp³-hybridized carbons (Fsp3) is 1.00. The van der Waals surface area contributed by atoms with E-state index in [0.717, 1.165) is 39.4 Å². The van der Waals surface area contributed by atoms with Crippen LogP contribution in [0.1, 0.15) is 19.8 Å². The minimum absolute atomic E-state index is 0.855. The number of nitrogens with zero attached hydrogens (tertiary/aromatic N) is 2. The molecule has 94 valence electrons. The molecule has 6 heteroatoms. The van der Waals surface area contributed by atoms with Gasteiger partial charge in [-0.2, -0.15) is 0 Å². The van der Waals surface area contributed by atoms with E-state index in [2.05, 4.69) is 16.3 Å². The molecule has 0 bridgehead atoms. The van der Waals surface area contributed by atoms with Crippen molar-refractivity contribution >= 4 is 17.9 Å². The van der Waals surface area contributed by atoms with Gasteiger partial charge in [-0.15, -0.1) is 0 Å². The van der Waals surface area contributed by atoms with E-state index in [9.17, 15) is 0 Å². The molecule has 3 saturated heterocycles. The average Bonchev–Trinajstić information content (AvgIpc) is 2.86.